The summed E-state index contributed by atoms with van der Waals surface area (Å²) < 4.78 is 10.6. The first kappa shape index (κ1) is 33.2. The van der Waals surface area contributed by atoms with Crippen LogP contribution in [0.2, 0.25) is 0 Å². The SMILES string of the molecule is CCN(CC)c1ccc2c(c1)OC1CC(=[N+](CC)CC)C=CC1=C2c1cccc(C(=O)NCc2c(O)c(O)cc(C)[n+]2C)c1C(=O)O. The van der Waals surface area contributed by atoms with Crippen molar-refractivity contribution < 1.29 is 38.8 Å². The molecule has 0 spiro atoms. The first-order chi connectivity index (χ1) is 22.5. The number of aromatic carboxylic acids is 1. The number of fused-ring (bicyclic) bond motifs is 2. The van der Waals surface area contributed by atoms with Crippen molar-refractivity contribution in [2.45, 2.75) is 53.7 Å². The number of ether oxygens (including phenoxy) is 1. The van der Waals surface area contributed by atoms with Crippen LogP contribution in [0.25, 0.3) is 5.57 Å². The van der Waals surface area contributed by atoms with Gasteiger partial charge in [-0.2, -0.15) is 4.57 Å². The molecule has 0 saturated heterocycles. The van der Waals surface area contributed by atoms with Crippen LogP contribution in [0, 0.1) is 6.92 Å². The van der Waals surface area contributed by atoms with Gasteiger partial charge in [0.1, 0.15) is 38.5 Å². The van der Waals surface area contributed by atoms with Gasteiger partial charge in [0.15, 0.2) is 17.2 Å². The Kier molecular flexibility index (Phi) is 9.69. The van der Waals surface area contributed by atoms with Crippen LogP contribution in [0.15, 0.2) is 60.2 Å². The Labute approximate surface area is 275 Å². The number of allylic oxidation sites excluding steroid dienone is 1. The molecule has 1 atom stereocenters. The van der Waals surface area contributed by atoms with Gasteiger partial charge in [-0.05, 0) is 57.5 Å². The van der Waals surface area contributed by atoms with Gasteiger partial charge in [-0.15, -0.1) is 0 Å². The van der Waals surface area contributed by atoms with Crippen LogP contribution in [0.4, 0.5) is 5.69 Å². The largest absolute Gasteiger partial charge is 0.504 e. The van der Waals surface area contributed by atoms with E-state index in [0.717, 1.165) is 54.3 Å². The molecule has 246 valence electrons. The van der Waals surface area contributed by atoms with Gasteiger partial charge >= 0.3 is 5.97 Å². The predicted molar refractivity (Wildman–Crippen MR) is 181 cm³/mol. The maximum atomic E-state index is 13.7. The summed E-state index contributed by atoms with van der Waals surface area (Å²) in [5, 5.41) is 34.0. The number of hydrogen-bond acceptors (Lipinski definition) is 6. The zero-order valence-corrected chi connectivity index (χ0v) is 27.9. The van der Waals surface area contributed by atoms with Crippen LogP contribution in [0.3, 0.4) is 0 Å². The number of rotatable bonds is 10. The van der Waals surface area contributed by atoms with E-state index in [1.807, 2.05) is 24.3 Å². The van der Waals surface area contributed by atoms with Crippen LogP contribution in [0.1, 0.15) is 77.3 Å². The Balaban J connectivity index is 1.66. The van der Waals surface area contributed by atoms with Crippen LogP contribution in [-0.4, -0.2) is 69.8 Å². The lowest BCUT2D eigenvalue weighted by Crippen LogP contribution is -2.40. The number of pyridine rings is 1. The minimum absolute atomic E-state index is 0.0124. The Bertz CT molecular complexity index is 1800. The van der Waals surface area contributed by atoms with Crippen LogP contribution < -0.4 is 19.5 Å². The quantitative estimate of drug-likeness (QED) is 0.236. The molecule has 0 saturated carbocycles. The average Bonchev–Trinajstić information content (AvgIpc) is 3.06. The second kappa shape index (κ2) is 13.7. The van der Waals surface area contributed by atoms with Gasteiger partial charge in [-0.3, -0.25) is 4.79 Å². The zero-order chi connectivity index (χ0) is 34.0. The second-order valence-corrected chi connectivity index (χ2v) is 11.7. The number of anilines is 1. The fourth-order valence-electron chi connectivity index (χ4n) is 6.61. The molecule has 0 fully saturated rings. The highest BCUT2D eigenvalue weighted by Gasteiger charge is 2.36. The Morgan fingerprint density at radius 3 is 2.40 bits per heavy atom. The average molecular weight is 641 g/mol. The maximum Gasteiger partial charge on any atom is 0.337 e. The van der Waals surface area contributed by atoms with Gasteiger partial charge in [0.2, 0.25) is 11.4 Å². The molecule has 1 amide bonds. The lowest BCUT2D eigenvalue weighted by atomic mass is 9.81. The lowest BCUT2D eigenvalue weighted by molar-refractivity contribution is -0.685. The molecule has 1 aliphatic carbocycles. The first-order valence-corrected chi connectivity index (χ1v) is 16.2. The van der Waals surface area contributed by atoms with Crippen molar-refractivity contribution in [3.63, 3.8) is 0 Å². The number of benzene rings is 2. The summed E-state index contributed by atoms with van der Waals surface area (Å²) in [4.78, 5) is 28.9. The van der Waals surface area contributed by atoms with E-state index >= 15 is 0 Å². The number of nitrogens with zero attached hydrogens (tertiary/aromatic N) is 3. The van der Waals surface area contributed by atoms with Crippen molar-refractivity contribution in [1.82, 2.24) is 5.32 Å². The number of aromatic hydroxyl groups is 2. The summed E-state index contributed by atoms with van der Waals surface area (Å²) in [5.74, 6) is -1.84. The molecule has 47 heavy (non-hydrogen) atoms. The summed E-state index contributed by atoms with van der Waals surface area (Å²) >= 11 is 0. The molecule has 2 aliphatic rings. The predicted octanol–water partition coefficient (Wildman–Crippen LogP) is 4.72. The number of aromatic nitrogens is 1. The molecule has 1 unspecified atom stereocenters. The minimum atomic E-state index is -1.24. The standard InChI is InChI=1S/C37H42N4O6/c1-7-40(8-2)23-14-16-25-31(19-23)47-32-20-24(41(9-3)10-4)15-17-26(32)33(25)27-12-11-13-28(34(27)37(45)46)36(44)38-21-29-35(43)30(42)18-22(5)39(29)6/h11-19,32H,7-10,20-21H2,1-6H3,(H2-,38,43,44,45,46)/p+2. The molecule has 0 radical (unpaired) electrons. The molecule has 4 N–H and O–H groups in total. The number of aryl methyl sites for hydroxylation is 1. The van der Waals surface area contributed by atoms with E-state index in [1.54, 1.807) is 30.7 Å². The van der Waals surface area contributed by atoms with E-state index < -0.39 is 11.9 Å². The molecule has 1 aliphatic heterocycles. The van der Waals surface area contributed by atoms with Crippen molar-refractivity contribution in [3.8, 4) is 17.2 Å². The van der Waals surface area contributed by atoms with Gasteiger partial charge in [-0.1, -0.05) is 12.1 Å². The van der Waals surface area contributed by atoms with E-state index in [4.69, 9.17) is 4.74 Å². The van der Waals surface area contributed by atoms with E-state index in [1.165, 1.54) is 12.1 Å². The number of hydrogen-bond donors (Lipinski definition) is 4. The van der Waals surface area contributed by atoms with E-state index in [9.17, 15) is 24.9 Å². The molecular weight excluding hydrogens is 596 g/mol. The van der Waals surface area contributed by atoms with Crippen molar-refractivity contribution in [2.24, 2.45) is 7.05 Å². The van der Waals surface area contributed by atoms with Gasteiger partial charge < -0.3 is 30.3 Å². The third-order valence-electron chi connectivity index (χ3n) is 9.29. The zero-order valence-electron chi connectivity index (χ0n) is 27.9. The van der Waals surface area contributed by atoms with Gasteiger partial charge in [0.05, 0.1) is 23.6 Å². The topological polar surface area (TPSA) is 126 Å². The maximum absolute atomic E-state index is 13.7. The summed E-state index contributed by atoms with van der Waals surface area (Å²) in [6.07, 6.45) is 4.38. The Morgan fingerprint density at radius 1 is 1.02 bits per heavy atom. The summed E-state index contributed by atoms with van der Waals surface area (Å²) in [6.45, 7) is 13.4. The van der Waals surface area contributed by atoms with Crippen molar-refractivity contribution in [2.75, 3.05) is 31.1 Å². The first-order valence-electron chi connectivity index (χ1n) is 16.2. The number of carboxylic acids is 1. The van der Waals surface area contributed by atoms with Crippen LogP contribution in [-0.2, 0) is 13.6 Å². The smallest absolute Gasteiger partial charge is 0.337 e. The third kappa shape index (κ3) is 6.19. The third-order valence-corrected chi connectivity index (χ3v) is 9.29. The van der Waals surface area contributed by atoms with Crippen molar-refractivity contribution in [1.29, 1.82) is 0 Å². The summed E-state index contributed by atoms with van der Waals surface area (Å²) in [5.41, 5.74) is 5.74. The molecule has 0 bridgehead atoms. The van der Waals surface area contributed by atoms with Crippen LogP contribution >= 0.6 is 0 Å². The number of carbonyl (C=O) groups excluding carboxylic acids is 1. The number of amides is 1. The highest BCUT2D eigenvalue weighted by atomic mass is 16.5. The summed E-state index contributed by atoms with van der Waals surface area (Å²) in [6, 6.07) is 12.4. The lowest BCUT2D eigenvalue weighted by Gasteiger charge is -2.33. The molecule has 2 aromatic carbocycles. The normalized spacial score (nSPS) is 15.1. The molecule has 2 heterocycles. The molecule has 10 heteroatoms. The van der Waals surface area contributed by atoms with Crippen molar-refractivity contribution >= 4 is 28.8 Å². The fourth-order valence-corrected chi connectivity index (χ4v) is 6.61. The molecule has 10 nitrogen and oxygen atoms in total. The van der Waals surface area contributed by atoms with Crippen LogP contribution in [0.5, 0.6) is 17.2 Å². The molecule has 3 aromatic rings. The van der Waals surface area contributed by atoms with Gasteiger partial charge in [0, 0.05) is 54.6 Å². The van der Waals surface area contributed by atoms with E-state index in [2.05, 4.69) is 48.6 Å². The Morgan fingerprint density at radius 2 is 1.74 bits per heavy atom. The minimum Gasteiger partial charge on any atom is -0.504 e. The van der Waals surface area contributed by atoms with E-state index in [-0.39, 0.29) is 41.0 Å². The molecule has 1 aromatic heterocycles. The summed E-state index contributed by atoms with van der Waals surface area (Å²) in [7, 11) is 1.71. The number of carboxylic acid groups (broad SMARTS) is 1. The fraction of sp³-hybridized carbons (Fsp3) is 0.351. The van der Waals surface area contributed by atoms with Gasteiger partial charge in [-0.25, -0.2) is 9.37 Å². The highest BCUT2D eigenvalue weighted by molar-refractivity contribution is 6.10. The monoisotopic (exact) mass is 640 g/mol. The molecule has 5 rings (SSSR count). The second-order valence-electron chi connectivity index (χ2n) is 11.7. The van der Waals surface area contributed by atoms with E-state index in [0.29, 0.717) is 23.4 Å². The van der Waals surface area contributed by atoms with Gasteiger partial charge in [0.25, 0.3) is 5.91 Å². The Hall–Kier alpha value is -5.12. The number of nitrogens with one attached hydrogen (secondary N) is 1. The molecular formula is C37H44N4O6+2. The number of carbonyl (C=O) groups is 2. The highest BCUT2D eigenvalue weighted by Crippen LogP contribution is 2.45. The van der Waals surface area contributed by atoms with Crippen molar-refractivity contribution in [3.05, 3.63) is 93.8 Å².